The molecule has 0 N–H and O–H groups in total. The standard InChI is InChI=1S/C12H11N3O2S/c1-8-14-9(7-18-8)5-15-11(16)6-17-10-3-2-4-13-12(10)15/h2-4,7H,5-6H2,1H3. The van der Waals surface area contributed by atoms with Gasteiger partial charge in [-0.15, -0.1) is 11.3 Å². The molecule has 1 amide bonds. The molecular formula is C12H11N3O2S. The molecule has 0 spiro atoms. The second-order valence-corrected chi connectivity index (χ2v) is 5.01. The number of ether oxygens (including phenoxy) is 1. The van der Waals surface area contributed by atoms with Crippen LogP contribution in [0.3, 0.4) is 0 Å². The van der Waals surface area contributed by atoms with E-state index >= 15 is 0 Å². The zero-order valence-corrected chi connectivity index (χ0v) is 10.6. The number of hydrogen-bond acceptors (Lipinski definition) is 5. The monoisotopic (exact) mass is 261 g/mol. The van der Waals surface area contributed by atoms with Gasteiger partial charge in [-0.1, -0.05) is 0 Å². The van der Waals surface area contributed by atoms with E-state index in [-0.39, 0.29) is 12.5 Å². The molecule has 0 aromatic carbocycles. The Morgan fingerprint density at radius 1 is 1.56 bits per heavy atom. The van der Waals surface area contributed by atoms with Crippen LogP contribution in [0.15, 0.2) is 23.7 Å². The molecule has 1 aliphatic rings. The third-order valence-corrected chi connectivity index (χ3v) is 3.47. The summed E-state index contributed by atoms with van der Waals surface area (Å²) in [4.78, 5) is 22.1. The number of hydrogen-bond donors (Lipinski definition) is 0. The van der Waals surface area contributed by atoms with Gasteiger partial charge in [0, 0.05) is 11.6 Å². The van der Waals surface area contributed by atoms with Gasteiger partial charge in [0.2, 0.25) is 0 Å². The van der Waals surface area contributed by atoms with Crippen molar-refractivity contribution in [1.82, 2.24) is 9.97 Å². The van der Waals surface area contributed by atoms with Gasteiger partial charge in [0.25, 0.3) is 5.91 Å². The highest BCUT2D eigenvalue weighted by atomic mass is 32.1. The molecule has 0 aliphatic carbocycles. The number of carbonyl (C=O) groups is 1. The van der Waals surface area contributed by atoms with Gasteiger partial charge in [-0.2, -0.15) is 0 Å². The molecular weight excluding hydrogens is 250 g/mol. The van der Waals surface area contributed by atoms with E-state index in [0.717, 1.165) is 10.7 Å². The molecule has 0 bridgehead atoms. The van der Waals surface area contributed by atoms with Crippen molar-refractivity contribution in [3.63, 3.8) is 0 Å². The quantitative estimate of drug-likeness (QED) is 0.826. The van der Waals surface area contributed by atoms with Gasteiger partial charge >= 0.3 is 0 Å². The number of fused-ring (bicyclic) bond motifs is 1. The van der Waals surface area contributed by atoms with Crippen LogP contribution >= 0.6 is 11.3 Å². The van der Waals surface area contributed by atoms with E-state index in [1.54, 1.807) is 28.5 Å². The number of anilines is 1. The van der Waals surface area contributed by atoms with Crippen molar-refractivity contribution in [2.45, 2.75) is 13.5 Å². The number of amides is 1. The average molecular weight is 261 g/mol. The normalized spacial score (nSPS) is 14.3. The lowest BCUT2D eigenvalue weighted by Crippen LogP contribution is -2.38. The van der Waals surface area contributed by atoms with Crippen LogP contribution in [-0.4, -0.2) is 22.5 Å². The Hall–Kier alpha value is -1.95. The van der Waals surface area contributed by atoms with Crippen molar-refractivity contribution in [2.75, 3.05) is 11.5 Å². The fourth-order valence-electron chi connectivity index (χ4n) is 1.84. The Kier molecular flexibility index (Phi) is 2.71. The Morgan fingerprint density at radius 2 is 2.44 bits per heavy atom. The molecule has 18 heavy (non-hydrogen) atoms. The van der Waals surface area contributed by atoms with Crippen molar-refractivity contribution >= 4 is 23.1 Å². The summed E-state index contributed by atoms with van der Waals surface area (Å²) in [5, 5.41) is 2.95. The van der Waals surface area contributed by atoms with E-state index < -0.39 is 0 Å². The Bertz CT molecular complexity index is 597. The van der Waals surface area contributed by atoms with Crippen molar-refractivity contribution in [1.29, 1.82) is 0 Å². The number of pyridine rings is 1. The molecule has 0 atom stereocenters. The summed E-state index contributed by atoms with van der Waals surface area (Å²) in [6, 6.07) is 3.61. The maximum absolute atomic E-state index is 11.9. The van der Waals surface area contributed by atoms with Crippen LogP contribution in [0, 0.1) is 6.92 Å². The molecule has 2 aromatic heterocycles. The van der Waals surface area contributed by atoms with Crippen molar-refractivity contribution in [2.24, 2.45) is 0 Å². The van der Waals surface area contributed by atoms with E-state index in [9.17, 15) is 4.79 Å². The third kappa shape index (κ3) is 1.95. The van der Waals surface area contributed by atoms with Crippen molar-refractivity contribution in [3.05, 3.63) is 34.4 Å². The molecule has 92 valence electrons. The number of carbonyl (C=O) groups excluding carboxylic acids is 1. The molecule has 0 saturated carbocycles. The summed E-state index contributed by atoms with van der Waals surface area (Å²) in [6.07, 6.45) is 1.65. The number of rotatable bonds is 2. The smallest absolute Gasteiger partial charge is 0.266 e. The highest BCUT2D eigenvalue weighted by Gasteiger charge is 2.27. The van der Waals surface area contributed by atoms with E-state index in [0.29, 0.717) is 18.1 Å². The zero-order chi connectivity index (χ0) is 12.5. The minimum Gasteiger partial charge on any atom is -0.480 e. The van der Waals surface area contributed by atoms with Crippen LogP contribution < -0.4 is 9.64 Å². The summed E-state index contributed by atoms with van der Waals surface area (Å²) in [5.74, 6) is 1.12. The highest BCUT2D eigenvalue weighted by Crippen LogP contribution is 2.30. The molecule has 5 nitrogen and oxygen atoms in total. The second-order valence-electron chi connectivity index (χ2n) is 3.95. The number of aryl methyl sites for hydroxylation is 1. The Labute approximate surface area is 108 Å². The summed E-state index contributed by atoms with van der Waals surface area (Å²) in [7, 11) is 0. The first kappa shape index (κ1) is 11.2. The second kappa shape index (κ2) is 4.38. The Morgan fingerprint density at radius 3 is 3.22 bits per heavy atom. The van der Waals surface area contributed by atoms with Gasteiger partial charge < -0.3 is 4.74 Å². The maximum Gasteiger partial charge on any atom is 0.266 e. The molecule has 2 aromatic rings. The Balaban J connectivity index is 1.93. The van der Waals surface area contributed by atoms with Gasteiger partial charge in [0.05, 0.1) is 17.2 Å². The van der Waals surface area contributed by atoms with Crippen molar-refractivity contribution < 1.29 is 9.53 Å². The van der Waals surface area contributed by atoms with Gasteiger partial charge in [0.15, 0.2) is 18.2 Å². The highest BCUT2D eigenvalue weighted by molar-refractivity contribution is 7.09. The molecule has 1 aliphatic heterocycles. The van der Waals surface area contributed by atoms with Crippen LogP contribution in [0.5, 0.6) is 5.75 Å². The average Bonchev–Trinajstić information content (AvgIpc) is 2.79. The maximum atomic E-state index is 11.9. The molecule has 6 heteroatoms. The number of thiazole rings is 1. The minimum absolute atomic E-state index is 0.0574. The summed E-state index contributed by atoms with van der Waals surface area (Å²) >= 11 is 1.57. The predicted octanol–water partition coefficient (Wildman–Crippen LogP) is 1.77. The molecule has 0 unspecified atom stereocenters. The van der Waals surface area contributed by atoms with Gasteiger partial charge in [-0.3, -0.25) is 9.69 Å². The zero-order valence-electron chi connectivity index (χ0n) is 9.79. The van der Waals surface area contributed by atoms with E-state index in [1.807, 2.05) is 18.4 Å². The van der Waals surface area contributed by atoms with E-state index in [1.165, 1.54) is 0 Å². The van der Waals surface area contributed by atoms with Crippen LogP contribution in [0.1, 0.15) is 10.7 Å². The molecule has 0 fully saturated rings. The number of aromatic nitrogens is 2. The summed E-state index contributed by atoms with van der Waals surface area (Å²) in [6.45, 7) is 2.44. The predicted molar refractivity (Wildman–Crippen MR) is 67.8 cm³/mol. The lowest BCUT2D eigenvalue weighted by atomic mass is 10.3. The summed E-state index contributed by atoms with van der Waals surface area (Å²) in [5.41, 5.74) is 0.879. The first-order chi connectivity index (χ1) is 8.74. The lowest BCUT2D eigenvalue weighted by Gasteiger charge is -2.27. The van der Waals surface area contributed by atoms with Gasteiger partial charge in [0.1, 0.15) is 0 Å². The van der Waals surface area contributed by atoms with Crippen LogP contribution in [0.25, 0.3) is 0 Å². The molecule has 0 radical (unpaired) electrons. The molecule has 3 rings (SSSR count). The van der Waals surface area contributed by atoms with E-state index in [2.05, 4.69) is 9.97 Å². The minimum atomic E-state index is -0.0909. The fraction of sp³-hybridized carbons (Fsp3) is 0.250. The lowest BCUT2D eigenvalue weighted by molar-refractivity contribution is -0.121. The largest absolute Gasteiger partial charge is 0.480 e. The van der Waals surface area contributed by atoms with Gasteiger partial charge in [-0.25, -0.2) is 9.97 Å². The van der Waals surface area contributed by atoms with Crippen LogP contribution in [0.2, 0.25) is 0 Å². The molecule has 0 saturated heterocycles. The first-order valence-electron chi connectivity index (χ1n) is 5.53. The topological polar surface area (TPSA) is 55.3 Å². The third-order valence-electron chi connectivity index (χ3n) is 2.65. The fourth-order valence-corrected chi connectivity index (χ4v) is 2.44. The van der Waals surface area contributed by atoms with Gasteiger partial charge in [-0.05, 0) is 19.1 Å². The first-order valence-corrected chi connectivity index (χ1v) is 6.41. The molecule has 3 heterocycles. The van der Waals surface area contributed by atoms with Crippen molar-refractivity contribution in [3.8, 4) is 5.75 Å². The van der Waals surface area contributed by atoms with E-state index in [4.69, 9.17) is 4.74 Å². The van der Waals surface area contributed by atoms with Crippen LogP contribution in [0.4, 0.5) is 5.82 Å². The SMILES string of the molecule is Cc1nc(CN2C(=O)COc3cccnc32)cs1. The van der Waals surface area contributed by atoms with Crippen LogP contribution in [-0.2, 0) is 11.3 Å². The summed E-state index contributed by atoms with van der Waals surface area (Å²) < 4.78 is 5.34. The number of nitrogens with zero attached hydrogens (tertiary/aromatic N) is 3.